The molecule has 20 heavy (non-hydrogen) atoms. The van der Waals surface area contributed by atoms with Crippen LogP contribution in [0.2, 0.25) is 0 Å². The van der Waals surface area contributed by atoms with E-state index in [0.717, 1.165) is 20.1 Å². The van der Waals surface area contributed by atoms with Crippen LogP contribution in [0.15, 0.2) is 40.6 Å². The Morgan fingerprint density at radius 2 is 2.15 bits per heavy atom. The predicted molar refractivity (Wildman–Crippen MR) is 77.5 cm³/mol. The average molecular weight is 303 g/mol. The molecule has 0 aromatic carbocycles. The summed E-state index contributed by atoms with van der Waals surface area (Å²) in [6, 6.07) is 5.35. The summed E-state index contributed by atoms with van der Waals surface area (Å²) in [5.41, 5.74) is 0.0294. The van der Waals surface area contributed by atoms with Crippen LogP contribution in [0.1, 0.15) is 15.4 Å². The van der Waals surface area contributed by atoms with Crippen molar-refractivity contribution in [1.82, 2.24) is 15.0 Å². The summed E-state index contributed by atoms with van der Waals surface area (Å²) in [5.74, 6) is -1.04. The monoisotopic (exact) mass is 303 g/mol. The van der Waals surface area contributed by atoms with Crippen LogP contribution in [0.5, 0.6) is 0 Å². The summed E-state index contributed by atoms with van der Waals surface area (Å²) in [4.78, 5) is 26.1. The maximum absolute atomic E-state index is 10.9. The number of carboxylic acids is 1. The smallest absolute Gasteiger partial charge is 0.354 e. The van der Waals surface area contributed by atoms with Gasteiger partial charge in [0.25, 0.3) is 0 Å². The first-order valence-corrected chi connectivity index (χ1v) is 7.35. The molecule has 0 saturated heterocycles. The molecule has 3 aromatic rings. The van der Waals surface area contributed by atoms with Crippen molar-refractivity contribution in [3.63, 3.8) is 0 Å². The van der Waals surface area contributed by atoms with Crippen LogP contribution < -0.4 is 0 Å². The van der Waals surface area contributed by atoms with Gasteiger partial charge < -0.3 is 5.11 Å². The molecule has 0 fully saturated rings. The summed E-state index contributed by atoms with van der Waals surface area (Å²) in [6.45, 7) is 2.02. The van der Waals surface area contributed by atoms with E-state index < -0.39 is 5.97 Å². The number of hydrogen-bond donors (Lipinski definition) is 1. The number of hydrogen-bond acceptors (Lipinski definition) is 6. The van der Waals surface area contributed by atoms with Gasteiger partial charge in [0.2, 0.25) is 0 Å². The molecule has 5 nitrogen and oxygen atoms in total. The van der Waals surface area contributed by atoms with E-state index in [2.05, 4.69) is 15.0 Å². The van der Waals surface area contributed by atoms with Gasteiger partial charge in [-0.2, -0.15) is 0 Å². The van der Waals surface area contributed by atoms with Gasteiger partial charge in [-0.1, -0.05) is 11.8 Å². The molecule has 3 aromatic heterocycles. The lowest BCUT2D eigenvalue weighted by Crippen LogP contribution is -1.99. The fourth-order valence-corrected chi connectivity index (χ4v) is 3.54. The Balaban J connectivity index is 2.01. The lowest BCUT2D eigenvalue weighted by Gasteiger charge is -2.02. The summed E-state index contributed by atoms with van der Waals surface area (Å²) in [7, 11) is 0. The molecule has 0 radical (unpaired) electrons. The van der Waals surface area contributed by atoms with Gasteiger partial charge in [-0.05, 0) is 25.1 Å². The lowest BCUT2D eigenvalue weighted by atomic mass is 10.3. The quantitative estimate of drug-likeness (QED) is 0.749. The molecule has 0 amide bonds. The minimum absolute atomic E-state index is 0.0294. The van der Waals surface area contributed by atoms with Crippen LogP contribution in [-0.2, 0) is 0 Å². The molecule has 1 N–H and O–H groups in total. The zero-order valence-corrected chi connectivity index (χ0v) is 12.0. The van der Waals surface area contributed by atoms with Gasteiger partial charge in [-0.25, -0.2) is 19.7 Å². The van der Waals surface area contributed by atoms with Crippen LogP contribution in [0.25, 0.3) is 10.2 Å². The minimum atomic E-state index is -1.04. The van der Waals surface area contributed by atoms with Crippen LogP contribution in [0.3, 0.4) is 0 Å². The van der Waals surface area contributed by atoms with E-state index >= 15 is 0 Å². The topological polar surface area (TPSA) is 76.0 Å². The molecule has 0 atom stereocenters. The van der Waals surface area contributed by atoms with Crippen LogP contribution in [-0.4, -0.2) is 26.0 Å². The van der Waals surface area contributed by atoms with E-state index in [1.165, 1.54) is 29.2 Å². The summed E-state index contributed by atoms with van der Waals surface area (Å²) in [5, 5.41) is 10.8. The second kappa shape index (κ2) is 5.18. The Labute approximate surface area is 122 Å². The third-order valence-corrected chi connectivity index (χ3v) is 4.55. The summed E-state index contributed by atoms with van der Waals surface area (Å²) >= 11 is 3.03. The van der Waals surface area contributed by atoms with E-state index in [1.54, 1.807) is 23.5 Å². The average Bonchev–Trinajstić information content (AvgIpc) is 2.80. The second-order valence-corrected chi connectivity index (χ2v) is 6.34. The third kappa shape index (κ3) is 2.50. The fraction of sp³-hybridized carbons (Fsp3) is 0.0769. The highest BCUT2D eigenvalue weighted by Gasteiger charge is 2.10. The normalized spacial score (nSPS) is 10.8. The molecular formula is C13H9N3O2S2. The molecule has 3 rings (SSSR count). The molecule has 100 valence electrons. The number of aromatic carboxylic acids is 1. The van der Waals surface area contributed by atoms with Gasteiger partial charge in [0.1, 0.15) is 21.9 Å². The van der Waals surface area contributed by atoms with Crippen LogP contribution in [0, 0.1) is 6.92 Å². The Morgan fingerprint density at radius 1 is 1.30 bits per heavy atom. The van der Waals surface area contributed by atoms with Crippen molar-refractivity contribution in [2.45, 2.75) is 16.8 Å². The third-order valence-electron chi connectivity index (χ3n) is 2.58. The highest BCUT2D eigenvalue weighted by atomic mass is 32.2. The van der Waals surface area contributed by atoms with Crippen molar-refractivity contribution in [2.24, 2.45) is 0 Å². The second-order valence-electron chi connectivity index (χ2n) is 4.04. The maximum Gasteiger partial charge on any atom is 0.354 e. The molecular weight excluding hydrogens is 294 g/mol. The molecule has 0 saturated carbocycles. The Morgan fingerprint density at radius 3 is 2.95 bits per heavy atom. The molecule has 0 aliphatic heterocycles. The number of rotatable bonds is 3. The van der Waals surface area contributed by atoms with Gasteiger partial charge in [0.05, 0.1) is 0 Å². The molecule has 0 aliphatic carbocycles. The maximum atomic E-state index is 10.9. The molecule has 3 heterocycles. The van der Waals surface area contributed by atoms with E-state index in [4.69, 9.17) is 5.11 Å². The summed E-state index contributed by atoms with van der Waals surface area (Å²) < 4.78 is 0. The van der Waals surface area contributed by atoms with Gasteiger partial charge in [0.15, 0.2) is 0 Å². The zero-order valence-electron chi connectivity index (χ0n) is 10.4. The lowest BCUT2D eigenvalue weighted by molar-refractivity contribution is 0.0690. The first kappa shape index (κ1) is 13.0. The minimum Gasteiger partial charge on any atom is -0.477 e. The number of aromatic nitrogens is 3. The highest BCUT2D eigenvalue weighted by molar-refractivity contribution is 7.99. The first-order valence-electron chi connectivity index (χ1n) is 5.72. The Bertz CT molecular complexity index is 801. The van der Waals surface area contributed by atoms with Gasteiger partial charge in [0, 0.05) is 21.4 Å². The van der Waals surface area contributed by atoms with Gasteiger partial charge in [-0.3, -0.25) is 0 Å². The fourth-order valence-electron chi connectivity index (χ4n) is 1.74. The molecule has 0 unspecified atom stereocenters. The number of fused-ring (bicyclic) bond motifs is 1. The Kier molecular flexibility index (Phi) is 3.37. The summed E-state index contributed by atoms with van der Waals surface area (Å²) in [6.07, 6.45) is 3.02. The van der Waals surface area contributed by atoms with E-state index in [0.29, 0.717) is 0 Å². The number of nitrogens with zero attached hydrogens (tertiary/aromatic N) is 3. The molecule has 0 spiro atoms. The van der Waals surface area contributed by atoms with Crippen molar-refractivity contribution >= 4 is 39.3 Å². The number of aryl methyl sites for hydroxylation is 1. The highest BCUT2D eigenvalue weighted by Crippen LogP contribution is 2.34. The molecule has 0 aliphatic rings. The number of carboxylic acid groups (broad SMARTS) is 1. The van der Waals surface area contributed by atoms with Crippen molar-refractivity contribution in [3.8, 4) is 0 Å². The van der Waals surface area contributed by atoms with Crippen LogP contribution in [0.4, 0.5) is 0 Å². The van der Waals surface area contributed by atoms with E-state index in [1.807, 2.05) is 13.0 Å². The van der Waals surface area contributed by atoms with Crippen molar-refractivity contribution < 1.29 is 9.90 Å². The molecule has 7 heteroatoms. The SMILES string of the molecule is Cc1cc2c(Sc3ccnc(C(=O)O)c3)ncnc2s1. The largest absolute Gasteiger partial charge is 0.477 e. The first-order chi connectivity index (χ1) is 9.63. The number of pyridine rings is 1. The number of carbonyl (C=O) groups is 1. The van der Waals surface area contributed by atoms with Crippen molar-refractivity contribution in [1.29, 1.82) is 0 Å². The molecule has 0 bridgehead atoms. The standard InChI is InChI=1S/C13H9N3O2S2/c1-7-4-9-11(19-7)15-6-16-12(9)20-8-2-3-14-10(5-8)13(17)18/h2-6H,1H3,(H,17,18). The van der Waals surface area contributed by atoms with Crippen LogP contribution >= 0.6 is 23.1 Å². The zero-order chi connectivity index (χ0) is 14.1. The van der Waals surface area contributed by atoms with Gasteiger partial charge in [-0.15, -0.1) is 11.3 Å². The van der Waals surface area contributed by atoms with Crippen molar-refractivity contribution in [3.05, 3.63) is 41.3 Å². The predicted octanol–water partition coefficient (Wildman–Crippen LogP) is 3.24. The van der Waals surface area contributed by atoms with Gasteiger partial charge >= 0.3 is 5.97 Å². The number of thiophene rings is 1. The Hall–Kier alpha value is -1.99. The van der Waals surface area contributed by atoms with E-state index in [9.17, 15) is 4.79 Å². The van der Waals surface area contributed by atoms with Crippen molar-refractivity contribution in [2.75, 3.05) is 0 Å². The van der Waals surface area contributed by atoms with E-state index in [-0.39, 0.29) is 5.69 Å².